The lowest BCUT2D eigenvalue weighted by atomic mass is 10.2. The maximum atomic E-state index is 12.0. The molecular formula is C12H10N4O. The van der Waals surface area contributed by atoms with Crippen LogP contribution < -0.4 is 10.2 Å². The molecule has 0 atom stereocenters. The van der Waals surface area contributed by atoms with E-state index in [1.54, 1.807) is 11.1 Å². The van der Waals surface area contributed by atoms with Gasteiger partial charge in [0.1, 0.15) is 12.0 Å². The zero-order chi connectivity index (χ0) is 11.7. The predicted octanol–water partition coefficient (Wildman–Crippen LogP) is 1.57. The molecule has 17 heavy (non-hydrogen) atoms. The van der Waals surface area contributed by atoms with Crippen molar-refractivity contribution in [2.24, 2.45) is 0 Å². The van der Waals surface area contributed by atoms with E-state index in [9.17, 15) is 4.79 Å². The third-order valence-corrected chi connectivity index (χ3v) is 2.60. The van der Waals surface area contributed by atoms with Gasteiger partial charge in [-0.3, -0.25) is 9.69 Å². The topological polar surface area (TPSA) is 58.1 Å². The van der Waals surface area contributed by atoms with Crippen LogP contribution in [0, 0.1) is 0 Å². The lowest BCUT2D eigenvalue weighted by Crippen LogP contribution is -2.36. The van der Waals surface area contributed by atoms with Gasteiger partial charge in [-0.05, 0) is 12.1 Å². The third kappa shape index (κ3) is 1.61. The maximum Gasteiger partial charge on any atom is 0.251 e. The highest BCUT2D eigenvalue weighted by molar-refractivity contribution is 6.07. The highest BCUT2D eigenvalue weighted by Crippen LogP contribution is 2.32. The van der Waals surface area contributed by atoms with E-state index < -0.39 is 0 Å². The van der Waals surface area contributed by atoms with Crippen LogP contribution in [0.1, 0.15) is 0 Å². The molecule has 3 rings (SSSR count). The normalized spacial score (nSPS) is 14.1. The minimum Gasteiger partial charge on any atom is -0.359 e. The fraction of sp³-hybridized carbons (Fsp3) is 0.0833. The predicted molar refractivity (Wildman–Crippen MR) is 64.1 cm³/mol. The number of para-hydroxylation sites is 1. The Labute approximate surface area is 98.1 Å². The molecule has 5 nitrogen and oxygen atoms in total. The van der Waals surface area contributed by atoms with Gasteiger partial charge in [-0.2, -0.15) is 0 Å². The summed E-state index contributed by atoms with van der Waals surface area (Å²) < 4.78 is 0. The SMILES string of the molecule is O=C1CNc2ncncc2N1c1ccccc1. The van der Waals surface area contributed by atoms with Crippen LogP contribution in [-0.4, -0.2) is 22.4 Å². The van der Waals surface area contributed by atoms with Gasteiger partial charge in [-0.1, -0.05) is 18.2 Å². The first-order valence-electron chi connectivity index (χ1n) is 5.28. The fourth-order valence-electron chi connectivity index (χ4n) is 1.86. The van der Waals surface area contributed by atoms with E-state index in [2.05, 4.69) is 15.3 Å². The van der Waals surface area contributed by atoms with Gasteiger partial charge in [0.05, 0.1) is 12.7 Å². The summed E-state index contributed by atoms with van der Waals surface area (Å²) in [7, 11) is 0. The summed E-state index contributed by atoms with van der Waals surface area (Å²) in [5.41, 5.74) is 1.52. The molecule has 84 valence electrons. The van der Waals surface area contributed by atoms with Crippen LogP contribution in [0.5, 0.6) is 0 Å². The van der Waals surface area contributed by atoms with E-state index in [0.29, 0.717) is 11.5 Å². The van der Waals surface area contributed by atoms with Gasteiger partial charge in [0, 0.05) is 5.69 Å². The first-order chi connectivity index (χ1) is 8.36. The smallest absolute Gasteiger partial charge is 0.251 e. The number of nitrogens with zero attached hydrogens (tertiary/aromatic N) is 3. The molecule has 1 aliphatic heterocycles. The lowest BCUT2D eigenvalue weighted by molar-refractivity contribution is -0.116. The van der Waals surface area contributed by atoms with E-state index in [1.165, 1.54) is 6.33 Å². The maximum absolute atomic E-state index is 12.0. The van der Waals surface area contributed by atoms with Gasteiger partial charge in [-0.15, -0.1) is 0 Å². The van der Waals surface area contributed by atoms with Gasteiger partial charge in [-0.25, -0.2) is 9.97 Å². The number of nitrogens with one attached hydrogen (secondary N) is 1. The van der Waals surface area contributed by atoms with Crippen molar-refractivity contribution in [2.75, 3.05) is 16.8 Å². The number of fused-ring (bicyclic) bond motifs is 1. The Bertz CT molecular complexity index is 555. The van der Waals surface area contributed by atoms with Crippen molar-refractivity contribution in [3.05, 3.63) is 42.9 Å². The molecule has 0 fully saturated rings. The summed E-state index contributed by atoms with van der Waals surface area (Å²) in [5.74, 6) is 0.668. The number of carbonyl (C=O) groups is 1. The zero-order valence-electron chi connectivity index (χ0n) is 9.00. The van der Waals surface area contributed by atoms with Gasteiger partial charge in [0.25, 0.3) is 5.91 Å². The summed E-state index contributed by atoms with van der Waals surface area (Å²) in [5, 5.41) is 2.97. The van der Waals surface area contributed by atoms with Crippen LogP contribution in [0.2, 0.25) is 0 Å². The summed E-state index contributed by atoms with van der Waals surface area (Å²) in [4.78, 5) is 21.7. The van der Waals surface area contributed by atoms with Gasteiger partial charge >= 0.3 is 0 Å². The Morgan fingerprint density at radius 2 is 2.06 bits per heavy atom. The average Bonchev–Trinajstić information content (AvgIpc) is 2.39. The molecular weight excluding hydrogens is 216 g/mol. The quantitative estimate of drug-likeness (QED) is 0.801. The van der Waals surface area contributed by atoms with E-state index in [4.69, 9.17) is 0 Å². The average molecular weight is 226 g/mol. The molecule has 2 aromatic rings. The Kier molecular flexibility index (Phi) is 2.22. The molecule has 0 aliphatic carbocycles. The second-order valence-electron chi connectivity index (χ2n) is 3.67. The Morgan fingerprint density at radius 3 is 2.88 bits per heavy atom. The van der Waals surface area contributed by atoms with Crippen molar-refractivity contribution < 1.29 is 4.79 Å². The van der Waals surface area contributed by atoms with Crippen molar-refractivity contribution in [1.82, 2.24) is 9.97 Å². The number of rotatable bonds is 1. The van der Waals surface area contributed by atoms with Crippen LogP contribution in [0.4, 0.5) is 17.2 Å². The van der Waals surface area contributed by atoms with Crippen molar-refractivity contribution in [1.29, 1.82) is 0 Å². The third-order valence-electron chi connectivity index (χ3n) is 2.60. The molecule has 0 radical (unpaired) electrons. The number of hydrogen-bond acceptors (Lipinski definition) is 4. The number of amides is 1. The second kappa shape index (κ2) is 3.86. The largest absolute Gasteiger partial charge is 0.359 e. The van der Waals surface area contributed by atoms with E-state index in [1.807, 2.05) is 30.3 Å². The summed E-state index contributed by atoms with van der Waals surface area (Å²) in [6.07, 6.45) is 3.10. The van der Waals surface area contributed by atoms with Crippen LogP contribution in [0.15, 0.2) is 42.9 Å². The highest BCUT2D eigenvalue weighted by atomic mass is 16.2. The van der Waals surface area contributed by atoms with Crippen molar-refractivity contribution in [2.45, 2.75) is 0 Å². The fourth-order valence-corrected chi connectivity index (χ4v) is 1.86. The minimum atomic E-state index is -0.0153. The van der Waals surface area contributed by atoms with Crippen LogP contribution in [-0.2, 0) is 4.79 Å². The highest BCUT2D eigenvalue weighted by Gasteiger charge is 2.25. The first-order valence-corrected chi connectivity index (χ1v) is 5.28. The number of benzene rings is 1. The molecule has 1 amide bonds. The molecule has 1 aromatic heterocycles. The van der Waals surface area contributed by atoms with Crippen molar-refractivity contribution in [3.63, 3.8) is 0 Å². The van der Waals surface area contributed by atoms with Crippen molar-refractivity contribution in [3.8, 4) is 0 Å². The van der Waals surface area contributed by atoms with E-state index in [-0.39, 0.29) is 12.5 Å². The molecule has 0 spiro atoms. The van der Waals surface area contributed by atoms with Crippen LogP contribution in [0.3, 0.4) is 0 Å². The Hall–Kier alpha value is -2.43. The molecule has 2 heterocycles. The molecule has 0 unspecified atom stereocenters. The summed E-state index contributed by atoms with van der Waals surface area (Å²) >= 11 is 0. The second-order valence-corrected chi connectivity index (χ2v) is 3.67. The molecule has 1 aliphatic rings. The monoisotopic (exact) mass is 226 g/mol. The standard InChI is InChI=1S/C12H10N4O/c17-11-7-14-12-10(6-13-8-15-12)16(11)9-4-2-1-3-5-9/h1-6,8H,7H2,(H,13,14,15). The molecule has 1 N–H and O–H groups in total. The van der Waals surface area contributed by atoms with Gasteiger partial charge in [0.2, 0.25) is 0 Å². The number of carbonyl (C=O) groups excluding carboxylic acids is 1. The van der Waals surface area contributed by atoms with Crippen molar-refractivity contribution >= 4 is 23.1 Å². The molecule has 0 bridgehead atoms. The van der Waals surface area contributed by atoms with Crippen LogP contribution >= 0.6 is 0 Å². The molecule has 1 aromatic carbocycles. The molecule has 0 saturated heterocycles. The molecule has 0 saturated carbocycles. The lowest BCUT2D eigenvalue weighted by Gasteiger charge is -2.28. The number of hydrogen-bond donors (Lipinski definition) is 1. The zero-order valence-corrected chi connectivity index (χ0v) is 9.00. The first kappa shape index (κ1) is 9.77. The Balaban J connectivity index is 2.13. The van der Waals surface area contributed by atoms with Crippen LogP contribution in [0.25, 0.3) is 0 Å². The summed E-state index contributed by atoms with van der Waals surface area (Å²) in [6, 6.07) is 9.49. The summed E-state index contributed by atoms with van der Waals surface area (Å²) in [6.45, 7) is 0.249. The van der Waals surface area contributed by atoms with E-state index >= 15 is 0 Å². The molecule has 5 heteroatoms. The van der Waals surface area contributed by atoms with Gasteiger partial charge < -0.3 is 5.32 Å². The number of anilines is 3. The number of aromatic nitrogens is 2. The Morgan fingerprint density at radius 1 is 1.24 bits per heavy atom. The van der Waals surface area contributed by atoms with Gasteiger partial charge in [0.15, 0.2) is 5.82 Å². The minimum absolute atomic E-state index is 0.0153. The van der Waals surface area contributed by atoms with E-state index in [0.717, 1.165) is 5.69 Å².